The number of aryl methyl sites for hydroxylation is 1. The summed E-state index contributed by atoms with van der Waals surface area (Å²) in [5.41, 5.74) is 5.48. The average molecular weight is 445 g/mol. The lowest BCUT2D eigenvalue weighted by Gasteiger charge is -2.29. The number of rotatable bonds is 5. The second-order valence-corrected chi connectivity index (χ2v) is 8.03. The first-order chi connectivity index (χ1) is 16.1. The van der Waals surface area contributed by atoms with Gasteiger partial charge in [-0.1, -0.05) is 0 Å². The zero-order chi connectivity index (χ0) is 22.8. The smallest absolute Gasteiger partial charge is 0.233 e. The first kappa shape index (κ1) is 21.2. The van der Waals surface area contributed by atoms with Crippen LogP contribution in [0.1, 0.15) is 16.8 Å². The van der Waals surface area contributed by atoms with Gasteiger partial charge in [-0.05, 0) is 54.4 Å². The second-order valence-electron chi connectivity index (χ2n) is 8.03. The molecule has 168 valence electrons. The maximum Gasteiger partial charge on any atom is 0.233 e. The molecule has 0 atom stereocenters. The van der Waals surface area contributed by atoms with Gasteiger partial charge in [-0.3, -0.25) is 0 Å². The van der Waals surface area contributed by atoms with Crippen LogP contribution in [0.3, 0.4) is 0 Å². The molecule has 7 nitrogen and oxygen atoms in total. The van der Waals surface area contributed by atoms with E-state index in [-0.39, 0.29) is 5.82 Å². The molecule has 0 amide bonds. The maximum absolute atomic E-state index is 15.1. The lowest BCUT2D eigenvalue weighted by Crippen LogP contribution is -2.36. The van der Waals surface area contributed by atoms with E-state index in [4.69, 9.17) is 9.47 Å². The van der Waals surface area contributed by atoms with Gasteiger partial charge in [0, 0.05) is 42.2 Å². The summed E-state index contributed by atoms with van der Waals surface area (Å²) in [5, 5.41) is 9.05. The number of benzene rings is 2. The molecular formula is C25H24FN5O2. The second kappa shape index (κ2) is 9.07. The Labute approximate surface area is 191 Å². The highest BCUT2D eigenvalue weighted by molar-refractivity contribution is 5.94. The number of halogens is 1. The molecule has 0 N–H and O–H groups in total. The van der Waals surface area contributed by atoms with Gasteiger partial charge in [0.25, 0.3) is 0 Å². The third-order valence-corrected chi connectivity index (χ3v) is 5.95. The molecule has 1 aliphatic heterocycles. The SMILES string of the molecule is COc1ccc(Cc2cc(-c3ncnc4cc(N5CCOCC5)ccc34)c(F)cc2C)nn1. The van der Waals surface area contributed by atoms with Gasteiger partial charge >= 0.3 is 0 Å². The van der Waals surface area contributed by atoms with Gasteiger partial charge in [-0.25, -0.2) is 14.4 Å². The topological polar surface area (TPSA) is 73.3 Å². The van der Waals surface area contributed by atoms with E-state index in [2.05, 4.69) is 25.1 Å². The average Bonchev–Trinajstić information content (AvgIpc) is 2.86. The van der Waals surface area contributed by atoms with E-state index < -0.39 is 0 Å². The van der Waals surface area contributed by atoms with Crippen molar-refractivity contribution in [2.45, 2.75) is 13.3 Å². The highest BCUT2D eigenvalue weighted by atomic mass is 19.1. The predicted molar refractivity (Wildman–Crippen MR) is 124 cm³/mol. The van der Waals surface area contributed by atoms with Gasteiger partial charge in [0.1, 0.15) is 12.1 Å². The lowest BCUT2D eigenvalue weighted by molar-refractivity contribution is 0.122. The van der Waals surface area contributed by atoms with Gasteiger partial charge in [-0.15, -0.1) is 5.10 Å². The molecule has 2 aromatic heterocycles. The Morgan fingerprint density at radius 1 is 1.03 bits per heavy atom. The Hall–Kier alpha value is -3.65. The molecule has 3 heterocycles. The summed E-state index contributed by atoms with van der Waals surface area (Å²) in [6.45, 7) is 5.00. The summed E-state index contributed by atoms with van der Waals surface area (Å²) in [6, 6.07) is 13.1. The fourth-order valence-corrected chi connectivity index (χ4v) is 4.11. The van der Waals surface area contributed by atoms with E-state index in [0.717, 1.165) is 46.5 Å². The van der Waals surface area contributed by atoms with Gasteiger partial charge in [0.05, 0.1) is 37.2 Å². The van der Waals surface area contributed by atoms with Crippen LogP contribution in [-0.2, 0) is 11.2 Å². The van der Waals surface area contributed by atoms with Crippen LogP contribution in [0.2, 0.25) is 0 Å². The van der Waals surface area contributed by atoms with Crippen molar-refractivity contribution in [3.63, 3.8) is 0 Å². The third kappa shape index (κ3) is 4.34. The number of methoxy groups -OCH3 is 1. The minimum atomic E-state index is -0.311. The molecule has 1 aliphatic rings. The number of anilines is 1. The van der Waals surface area contributed by atoms with Crippen LogP contribution in [0.25, 0.3) is 22.2 Å². The number of hydrogen-bond donors (Lipinski definition) is 0. The van der Waals surface area contributed by atoms with E-state index in [9.17, 15) is 0 Å². The normalized spacial score (nSPS) is 14.0. The standard InChI is InChI=1S/C25H24FN5O2/c1-16-11-22(26)21(13-17(16)12-18-3-6-24(32-2)30-29-18)25-20-5-4-19(14-23(20)27-15-28-25)31-7-9-33-10-8-31/h3-6,11,13-15H,7-10,12H2,1-2H3. The van der Waals surface area contributed by atoms with E-state index in [1.165, 1.54) is 6.33 Å². The summed E-state index contributed by atoms with van der Waals surface area (Å²) in [5.74, 6) is 0.147. The van der Waals surface area contributed by atoms with Gasteiger partial charge in [-0.2, -0.15) is 5.10 Å². The van der Waals surface area contributed by atoms with Crippen LogP contribution in [0.4, 0.5) is 10.1 Å². The Kier molecular flexibility index (Phi) is 5.83. The first-order valence-electron chi connectivity index (χ1n) is 10.9. The van der Waals surface area contributed by atoms with Crippen molar-refractivity contribution in [2.75, 3.05) is 38.3 Å². The van der Waals surface area contributed by atoms with Crippen LogP contribution in [0, 0.1) is 12.7 Å². The van der Waals surface area contributed by atoms with Crippen molar-refractivity contribution >= 4 is 16.6 Å². The molecule has 1 saturated heterocycles. The summed E-state index contributed by atoms with van der Waals surface area (Å²) >= 11 is 0. The minimum Gasteiger partial charge on any atom is -0.480 e. The van der Waals surface area contributed by atoms with E-state index in [0.29, 0.717) is 36.8 Å². The van der Waals surface area contributed by atoms with Gasteiger partial charge < -0.3 is 14.4 Å². The molecule has 2 aromatic carbocycles. The molecule has 0 saturated carbocycles. The Morgan fingerprint density at radius 2 is 1.88 bits per heavy atom. The van der Waals surface area contributed by atoms with Crippen LogP contribution >= 0.6 is 0 Å². The monoisotopic (exact) mass is 445 g/mol. The van der Waals surface area contributed by atoms with Gasteiger partial charge in [0.2, 0.25) is 5.88 Å². The largest absolute Gasteiger partial charge is 0.480 e. The summed E-state index contributed by atoms with van der Waals surface area (Å²) < 4.78 is 25.7. The van der Waals surface area contributed by atoms with Gasteiger partial charge in [0.15, 0.2) is 0 Å². The molecule has 33 heavy (non-hydrogen) atoms. The molecule has 1 fully saturated rings. The number of nitrogens with zero attached hydrogens (tertiary/aromatic N) is 5. The van der Waals surface area contributed by atoms with E-state index >= 15 is 4.39 Å². The number of ether oxygens (including phenoxy) is 2. The zero-order valence-corrected chi connectivity index (χ0v) is 18.6. The minimum absolute atomic E-state index is 0.311. The van der Waals surface area contributed by atoms with Crippen LogP contribution in [-0.4, -0.2) is 53.6 Å². The quantitative estimate of drug-likeness (QED) is 0.460. The maximum atomic E-state index is 15.1. The number of hydrogen-bond acceptors (Lipinski definition) is 7. The number of aromatic nitrogens is 4. The van der Waals surface area contributed by atoms with Crippen molar-refractivity contribution < 1.29 is 13.9 Å². The Balaban J connectivity index is 1.52. The summed E-state index contributed by atoms with van der Waals surface area (Å²) in [7, 11) is 1.55. The summed E-state index contributed by atoms with van der Waals surface area (Å²) in [6.07, 6.45) is 2.02. The fourth-order valence-electron chi connectivity index (χ4n) is 4.11. The van der Waals surface area contributed by atoms with Crippen LogP contribution in [0.15, 0.2) is 48.8 Å². The molecule has 0 bridgehead atoms. The highest BCUT2D eigenvalue weighted by Crippen LogP contribution is 2.32. The Morgan fingerprint density at radius 3 is 2.64 bits per heavy atom. The molecule has 0 spiro atoms. The van der Waals surface area contributed by atoms with Crippen molar-refractivity contribution in [3.8, 4) is 17.1 Å². The molecule has 8 heteroatoms. The highest BCUT2D eigenvalue weighted by Gasteiger charge is 2.17. The van der Waals surface area contributed by atoms with E-state index in [1.54, 1.807) is 19.2 Å². The molecule has 0 unspecified atom stereocenters. The molecule has 4 aromatic rings. The first-order valence-corrected chi connectivity index (χ1v) is 10.9. The van der Waals surface area contributed by atoms with Crippen molar-refractivity contribution in [2.24, 2.45) is 0 Å². The van der Waals surface area contributed by atoms with Crippen molar-refractivity contribution in [1.82, 2.24) is 20.2 Å². The molecular weight excluding hydrogens is 421 g/mol. The summed E-state index contributed by atoms with van der Waals surface area (Å²) in [4.78, 5) is 11.2. The predicted octanol–water partition coefficient (Wildman–Crippen LogP) is 3.97. The van der Waals surface area contributed by atoms with Crippen LogP contribution in [0.5, 0.6) is 5.88 Å². The van der Waals surface area contributed by atoms with Crippen LogP contribution < -0.4 is 9.64 Å². The van der Waals surface area contributed by atoms with Crippen molar-refractivity contribution in [3.05, 3.63) is 71.4 Å². The van der Waals surface area contributed by atoms with E-state index in [1.807, 2.05) is 37.3 Å². The number of fused-ring (bicyclic) bond motifs is 1. The number of morpholine rings is 1. The molecule has 0 aliphatic carbocycles. The third-order valence-electron chi connectivity index (χ3n) is 5.95. The lowest BCUT2D eigenvalue weighted by atomic mass is 9.97. The zero-order valence-electron chi connectivity index (χ0n) is 18.6. The molecule has 5 rings (SSSR count). The van der Waals surface area contributed by atoms with Crippen molar-refractivity contribution in [1.29, 1.82) is 0 Å². The molecule has 0 radical (unpaired) electrons. The Bertz CT molecular complexity index is 1290. The fraction of sp³-hybridized carbons (Fsp3) is 0.280.